The SMILES string of the molecule is O=C(CSc1nc2ccc(NC(=O)Cc3cccc4ccccc34)cc2s1)Nc1ccc(Br)cc1. The maximum atomic E-state index is 12.7. The van der Waals surface area contributed by atoms with Gasteiger partial charge >= 0.3 is 0 Å². The zero-order valence-electron chi connectivity index (χ0n) is 18.5. The molecule has 0 saturated carbocycles. The van der Waals surface area contributed by atoms with Crippen molar-refractivity contribution in [2.45, 2.75) is 10.8 Å². The number of benzene rings is 4. The summed E-state index contributed by atoms with van der Waals surface area (Å²) < 4.78 is 2.73. The standard InChI is InChI=1S/C27H20BrN3O2S2/c28-19-8-10-20(11-9-19)29-26(33)16-34-27-31-23-13-12-21(15-24(23)35-27)30-25(32)14-18-6-3-5-17-4-1-2-7-22(17)18/h1-13,15H,14,16H2,(H,29,33)(H,30,32). The topological polar surface area (TPSA) is 71.1 Å². The molecule has 2 N–H and O–H groups in total. The molecule has 174 valence electrons. The van der Waals surface area contributed by atoms with Crippen LogP contribution in [0.15, 0.2) is 93.7 Å². The highest BCUT2D eigenvalue weighted by atomic mass is 79.9. The van der Waals surface area contributed by atoms with Crippen molar-refractivity contribution >= 4 is 83.2 Å². The normalized spacial score (nSPS) is 11.0. The third kappa shape index (κ3) is 5.90. The van der Waals surface area contributed by atoms with Gasteiger partial charge in [-0.1, -0.05) is 70.2 Å². The molecule has 0 radical (unpaired) electrons. The van der Waals surface area contributed by atoms with Crippen LogP contribution < -0.4 is 10.6 Å². The number of fused-ring (bicyclic) bond motifs is 2. The van der Waals surface area contributed by atoms with Crippen molar-refractivity contribution in [3.63, 3.8) is 0 Å². The lowest BCUT2D eigenvalue weighted by molar-refractivity contribution is -0.115. The number of amides is 2. The fraction of sp³-hybridized carbons (Fsp3) is 0.0741. The highest BCUT2D eigenvalue weighted by Crippen LogP contribution is 2.31. The average molecular weight is 563 g/mol. The Morgan fingerprint density at radius 3 is 2.46 bits per heavy atom. The van der Waals surface area contributed by atoms with Crippen LogP contribution in [0.1, 0.15) is 5.56 Å². The first-order chi connectivity index (χ1) is 17.0. The third-order valence-corrected chi connectivity index (χ3v) is 8.03. The second-order valence-electron chi connectivity index (χ2n) is 7.87. The molecule has 0 bridgehead atoms. The largest absolute Gasteiger partial charge is 0.326 e. The Morgan fingerprint density at radius 2 is 1.60 bits per heavy atom. The van der Waals surface area contributed by atoms with Crippen molar-refractivity contribution in [2.75, 3.05) is 16.4 Å². The number of carbonyl (C=O) groups excluding carboxylic acids is 2. The first-order valence-electron chi connectivity index (χ1n) is 10.9. The predicted octanol–water partition coefficient (Wildman–Crippen LogP) is 7.12. The molecule has 8 heteroatoms. The van der Waals surface area contributed by atoms with Gasteiger partial charge in [-0.3, -0.25) is 9.59 Å². The smallest absolute Gasteiger partial charge is 0.234 e. The van der Waals surface area contributed by atoms with E-state index in [1.165, 1.54) is 23.1 Å². The van der Waals surface area contributed by atoms with E-state index in [9.17, 15) is 9.59 Å². The lowest BCUT2D eigenvalue weighted by Crippen LogP contribution is -2.14. The Bertz CT molecular complexity index is 1530. The molecule has 5 rings (SSSR count). The second-order valence-corrected chi connectivity index (χ2v) is 11.0. The van der Waals surface area contributed by atoms with Crippen molar-refractivity contribution < 1.29 is 9.59 Å². The zero-order chi connectivity index (χ0) is 24.2. The third-order valence-electron chi connectivity index (χ3n) is 5.34. The fourth-order valence-electron chi connectivity index (χ4n) is 3.73. The zero-order valence-corrected chi connectivity index (χ0v) is 21.7. The Balaban J connectivity index is 1.21. The molecular weight excluding hydrogens is 542 g/mol. The van der Waals surface area contributed by atoms with E-state index in [0.717, 1.165) is 46.7 Å². The second kappa shape index (κ2) is 10.6. The molecule has 4 aromatic carbocycles. The molecular formula is C27H20BrN3O2S2. The number of thiazole rings is 1. The first-order valence-corrected chi connectivity index (χ1v) is 13.5. The molecule has 1 aromatic heterocycles. The van der Waals surface area contributed by atoms with Gasteiger partial charge < -0.3 is 10.6 Å². The summed E-state index contributed by atoms with van der Waals surface area (Å²) in [5.74, 6) is 0.118. The molecule has 5 nitrogen and oxygen atoms in total. The molecule has 0 atom stereocenters. The molecule has 5 aromatic rings. The Morgan fingerprint density at radius 1 is 0.857 bits per heavy atom. The van der Waals surface area contributed by atoms with E-state index in [2.05, 4.69) is 43.7 Å². The molecule has 0 fully saturated rings. The van der Waals surface area contributed by atoms with E-state index >= 15 is 0 Å². The van der Waals surface area contributed by atoms with Crippen molar-refractivity contribution in [1.82, 2.24) is 4.98 Å². The van der Waals surface area contributed by atoms with Crippen molar-refractivity contribution in [1.29, 1.82) is 0 Å². The number of anilines is 2. The Kier molecular flexibility index (Phi) is 7.13. The summed E-state index contributed by atoms with van der Waals surface area (Å²) in [7, 11) is 0. The van der Waals surface area contributed by atoms with Gasteiger partial charge in [0.25, 0.3) is 0 Å². The molecule has 0 aliphatic heterocycles. The highest BCUT2D eigenvalue weighted by Gasteiger charge is 2.11. The van der Waals surface area contributed by atoms with Gasteiger partial charge in [-0.05, 0) is 58.8 Å². The Labute approximate surface area is 219 Å². The van der Waals surface area contributed by atoms with E-state index in [0.29, 0.717) is 6.42 Å². The minimum absolute atomic E-state index is 0.0653. The van der Waals surface area contributed by atoms with E-state index in [4.69, 9.17) is 0 Å². The molecule has 1 heterocycles. The van der Waals surface area contributed by atoms with E-state index in [1.807, 2.05) is 72.8 Å². The van der Waals surface area contributed by atoms with Gasteiger partial charge in [-0.15, -0.1) is 11.3 Å². The number of hydrogen-bond acceptors (Lipinski definition) is 5. The summed E-state index contributed by atoms with van der Waals surface area (Å²) in [4.78, 5) is 29.6. The van der Waals surface area contributed by atoms with E-state index in [1.54, 1.807) is 0 Å². The van der Waals surface area contributed by atoms with E-state index < -0.39 is 0 Å². The number of thioether (sulfide) groups is 1. The van der Waals surface area contributed by atoms with Crippen LogP contribution in [-0.4, -0.2) is 22.6 Å². The van der Waals surface area contributed by atoms with Gasteiger partial charge in [-0.25, -0.2) is 4.98 Å². The highest BCUT2D eigenvalue weighted by molar-refractivity contribution is 9.10. The van der Waals surface area contributed by atoms with Crippen molar-refractivity contribution in [3.8, 4) is 0 Å². The maximum Gasteiger partial charge on any atom is 0.234 e. The first kappa shape index (κ1) is 23.5. The van der Waals surface area contributed by atoms with Gasteiger partial charge in [0.15, 0.2) is 4.34 Å². The minimum atomic E-state index is -0.0852. The van der Waals surface area contributed by atoms with Gasteiger partial charge in [0, 0.05) is 15.8 Å². The van der Waals surface area contributed by atoms with Gasteiger partial charge in [-0.2, -0.15) is 0 Å². The van der Waals surface area contributed by atoms with Gasteiger partial charge in [0.2, 0.25) is 11.8 Å². The number of nitrogens with one attached hydrogen (secondary N) is 2. The van der Waals surface area contributed by atoms with Crippen LogP contribution in [0.25, 0.3) is 21.0 Å². The summed E-state index contributed by atoms with van der Waals surface area (Å²) in [6.45, 7) is 0. The lowest BCUT2D eigenvalue weighted by Gasteiger charge is -2.08. The maximum absolute atomic E-state index is 12.7. The predicted molar refractivity (Wildman–Crippen MR) is 149 cm³/mol. The molecule has 0 saturated heterocycles. The van der Waals surface area contributed by atoms with Crippen LogP contribution in [0.2, 0.25) is 0 Å². The molecule has 2 amide bonds. The number of carbonyl (C=O) groups is 2. The number of halogens is 1. The van der Waals surface area contributed by atoms with Crippen LogP contribution in [0.4, 0.5) is 11.4 Å². The number of aromatic nitrogens is 1. The number of rotatable bonds is 7. The average Bonchev–Trinajstić information content (AvgIpc) is 3.27. The van der Waals surface area contributed by atoms with Crippen LogP contribution >= 0.6 is 39.0 Å². The Hall–Kier alpha value is -3.20. The molecule has 0 spiro atoms. The quantitative estimate of drug-likeness (QED) is 0.207. The van der Waals surface area contributed by atoms with Crippen molar-refractivity contribution in [3.05, 3.63) is 95.0 Å². The summed E-state index contributed by atoms with van der Waals surface area (Å²) in [6, 6.07) is 27.2. The summed E-state index contributed by atoms with van der Waals surface area (Å²) in [6.07, 6.45) is 0.302. The van der Waals surface area contributed by atoms with Crippen LogP contribution in [0.3, 0.4) is 0 Å². The van der Waals surface area contributed by atoms with Crippen LogP contribution in [0.5, 0.6) is 0 Å². The summed E-state index contributed by atoms with van der Waals surface area (Å²) in [5, 5.41) is 8.10. The van der Waals surface area contributed by atoms with Crippen LogP contribution in [0, 0.1) is 0 Å². The van der Waals surface area contributed by atoms with E-state index in [-0.39, 0.29) is 17.6 Å². The number of hydrogen-bond donors (Lipinski definition) is 2. The molecule has 35 heavy (non-hydrogen) atoms. The van der Waals surface area contributed by atoms with Crippen LogP contribution in [-0.2, 0) is 16.0 Å². The summed E-state index contributed by atoms with van der Waals surface area (Å²) in [5.41, 5.74) is 3.33. The molecule has 0 unspecified atom stereocenters. The van der Waals surface area contributed by atoms with Crippen molar-refractivity contribution in [2.24, 2.45) is 0 Å². The molecule has 0 aliphatic rings. The molecule has 0 aliphatic carbocycles. The van der Waals surface area contributed by atoms with Gasteiger partial charge in [0.05, 0.1) is 22.4 Å². The fourth-order valence-corrected chi connectivity index (χ4v) is 5.90. The minimum Gasteiger partial charge on any atom is -0.326 e. The van der Waals surface area contributed by atoms with Gasteiger partial charge in [0.1, 0.15) is 0 Å². The summed E-state index contributed by atoms with van der Waals surface area (Å²) >= 11 is 6.29. The monoisotopic (exact) mass is 561 g/mol. The number of nitrogens with zero attached hydrogens (tertiary/aromatic N) is 1. The lowest BCUT2D eigenvalue weighted by atomic mass is 10.0.